The monoisotopic (exact) mass is 312 g/mol. The lowest BCUT2D eigenvalue weighted by atomic mass is 10.2. The summed E-state index contributed by atoms with van der Waals surface area (Å²) in [6.45, 7) is 2.42. The van der Waals surface area contributed by atoms with Crippen LogP contribution in [-0.2, 0) is 4.79 Å². The number of phenolic OH excluding ortho intramolecular Hbond substituents is 1. The van der Waals surface area contributed by atoms with Crippen LogP contribution in [0.25, 0.3) is 6.08 Å². The van der Waals surface area contributed by atoms with Crippen LogP contribution in [0.3, 0.4) is 0 Å². The van der Waals surface area contributed by atoms with Gasteiger partial charge in [-0.1, -0.05) is 18.5 Å². The van der Waals surface area contributed by atoms with Gasteiger partial charge in [0.05, 0.1) is 16.5 Å². The van der Waals surface area contributed by atoms with Crippen LogP contribution in [-0.4, -0.2) is 22.8 Å². The second-order valence-electron chi connectivity index (χ2n) is 4.06. The van der Waals surface area contributed by atoms with Crippen molar-refractivity contribution >= 4 is 40.5 Å². The Morgan fingerprint density at radius 1 is 1.55 bits per heavy atom. The molecule has 7 heteroatoms. The van der Waals surface area contributed by atoms with Gasteiger partial charge in [-0.05, 0) is 42.0 Å². The number of nitrogens with zero attached hydrogens (tertiary/aromatic N) is 1. The minimum atomic E-state index is -0.382. The molecule has 5 nitrogen and oxygen atoms in total. The van der Waals surface area contributed by atoms with Gasteiger partial charge in [-0.25, -0.2) is 0 Å². The largest absolute Gasteiger partial charge is 0.503 e. The highest BCUT2D eigenvalue weighted by atomic mass is 35.5. The molecule has 20 heavy (non-hydrogen) atoms. The molecular weight excluding hydrogens is 300 g/mol. The molecule has 0 aliphatic carbocycles. The van der Waals surface area contributed by atoms with E-state index in [4.69, 9.17) is 22.1 Å². The lowest BCUT2D eigenvalue weighted by Crippen LogP contribution is -2.01. The molecule has 0 saturated carbocycles. The van der Waals surface area contributed by atoms with Crippen molar-refractivity contribution in [1.82, 2.24) is 0 Å². The summed E-state index contributed by atoms with van der Waals surface area (Å²) in [5, 5.41) is 10.2. The molecule has 0 radical (unpaired) electrons. The van der Waals surface area contributed by atoms with Gasteiger partial charge in [0.1, 0.15) is 0 Å². The summed E-state index contributed by atoms with van der Waals surface area (Å²) in [6.07, 6.45) is 2.42. The topological polar surface area (TPSA) is 84.9 Å². The first kappa shape index (κ1) is 14.7. The first-order valence-electron chi connectivity index (χ1n) is 5.94. The minimum absolute atomic E-state index is 0.108. The standard InChI is InChI=1S/C13H13ClN2O3S/c1-2-3-19-9-5-7(4-8(14)11(9)17)6-10-12(18)16-13(15)20-10/h4-6,17H,2-3H2,1H3,(H2,15,16,18)/b10-6-. The highest BCUT2D eigenvalue weighted by Gasteiger charge is 2.20. The van der Waals surface area contributed by atoms with Gasteiger partial charge in [0.2, 0.25) is 0 Å². The predicted molar refractivity (Wildman–Crippen MR) is 81.1 cm³/mol. The normalized spacial score (nSPS) is 16.6. The van der Waals surface area contributed by atoms with Gasteiger partial charge in [-0.15, -0.1) is 0 Å². The number of nitrogens with two attached hydrogens (primary N) is 1. The first-order valence-corrected chi connectivity index (χ1v) is 7.14. The second kappa shape index (κ2) is 6.19. The van der Waals surface area contributed by atoms with Crippen LogP contribution in [0.1, 0.15) is 18.9 Å². The van der Waals surface area contributed by atoms with Crippen LogP contribution in [0.15, 0.2) is 22.0 Å². The summed E-state index contributed by atoms with van der Waals surface area (Å²) in [4.78, 5) is 15.6. The Morgan fingerprint density at radius 3 is 2.90 bits per heavy atom. The maximum Gasteiger partial charge on any atom is 0.286 e. The van der Waals surface area contributed by atoms with E-state index in [9.17, 15) is 9.90 Å². The maximum absolute atomic E-state index is 11.5. The third-order valence-corrected chi connectivity index (χ3v) is 3.55. The number of ether oxygens (including phenoxy) is 1. The molecule has 0 atom stereocenters. The molecule has 1 aromatic rings. The van der Waals surface area contributed by atoms with Gasteiger partial charge in [-0.3, -0.25) is 4.79 Å². The summed E-state index contributed by atoms with van der Waals surface area (Å²) in [5.74, 6) is -0.202. The summed E-state index contributed by atoms with van der Waals surface area (Å²) in [6, 6.07) is 3.16. The molecule has 0 saturated heterocycles. The summed E-state index contributed by atoms with van der Waals surface area (Å²) in [7, 11) is 0. The highest BCUT2D eigenvalue weighted by molar-refractivity contribution is 8.18. The maximum atomic E-state index is 11.5. The van der Waals surface area contributed by atoms with E-state index in [0.29, 0.717) is 17.1 Å². The number of hydrogen-bond donors (Lipinski definition) is 2. The number of hydrogen-bond acceptors (Lipinski definition) is 5. The van der Waals surface area contributed by atoms with Crippen molar-refractivity contribution in [3.05, 3.63) is 27.6 Å². The molecule has 1 heterocycles. The summed E-state index contributed by atoms with van der Waals surface area (Å²) >= 11 is 7.04. The van der Waals surface area contributed by atoms with Crippen LogP contribution < -0.4 is 10.5 Å². The van der Waals surface area contributed by atoms with E-state index in [1.807, 2.05) is 6.92 Å². The average molecular weight is 313 g/mol. The number of aromatic hydroxyl groups is 1. The van der Waals surface area contributed by atoms with Crippen molar-refractivity contribution in [2.75, 3.05) is 6.61 Å². The van der Waals surface area contributed by atoms with E-state index in [0.717, 1.165) is 18.2 Å². The molecule has 2 rings (SSSR count). The van der Waals surface area contributed by atoms with E-state index < -0.39 is 0 Å². The molecule has 0 spiro atoms. The molecule has 3 N–H and O–H groups in total. The van der Waals surface area contributed by atoms with Crippen LogP contribution in [0.4, 0.5) is 0 Å². The Balaban J connectivity index is 2.31. The molecular formula is C13H13ClN2O3S. The average Bonchev–Trinajstić information content (AvgIpc) is 2.70. The fourth-order valence-corrected chi connectivity index (χ4v) is 2.48. The van der Waals surface area contributed by atoms with Gasteiger partial charge in [0, 0.05) is 0 Å². The van der Waals surface area contributed by atoms with E-state index in [2.05, 4.69) is 4.99 Å². The molecule has 1 aromatic carbocycles. The molecule has 1 aliphatic heterocycles. The van der Waals surface area contributed by atoms with Crippen LogP contribution in [0, 0.1) is 0 Å². The zero-order valence-corrected chi connectivity index (χ0v) is 12.3. The van der Waals surface area contributed by atoms with E-state index >= 15 is 0 Å². The number of aliphatic imine (C=N–C) groups is 1. The minimum Gasteiger partial charge on any atom is -0.503 e. The molecule has 106 valence electrons. The Bertz CT molecular complexity index is 614. The van der Waals surface area contributed by atoms with E-state index in [1.165, 1.54) is 0 Å². The Morgan fingerprint density at radius 2 is 2.30 bits per heavy atom. The van der Waals surface area contributed by atoms with Gasteiger partial charge in [0.15, 0.2) is 16.7 Å². The van der Waals surface area contributed by atoms with Crippen LogP contribution in [0.5, 0.6) is 11.5 Å². The Kier molecular flexibility index (Phi) is 4.57. The van der Waals surface area contributed by atoms with E-state index in [-0.39, 0.29) is 27.6 Å². The number of amides is 1. The van der Waals surface area contributed by atoms with Crippen LogP contribution in [0.2, 0.25) is 5.02 Å². The number of amidine groups is 1. The number of carbonyl (C=O) groups excluding carboxylic acids is 1. The Hall–Kier alpha value is -1.66. The predicted octanol–water partition coefficient (Wildman–Crippen LogP) is 2.76. The highest BCUT2D eigenvalue weighted by Crippen LogP contribution is 2.37. The number of halogens is 1. The SMILES string of the molecule is CCCOc1cc(/C=C2\SC(N)=NC2=O)cc(Cl)c1O. The quantitative estimate of drug-likeness (QED) is 0.835. The molecule has 0 unspecified atom stereocenters. The third-order valence-electron chi connectivity index (χ3n) is 2.45. The van der Waals surface area contributed by atoms with Crippen molar-refractivity contribution in [2.45, 2.75) is 13.3 Å². The fourth-order valence-electron chi connectivity index (χ4n) is 1.58. The number of phenols is 1. The zero-order chi connectivity index (χ0) is 14.7. The lowest BCUT2D eigenvalue weighted by Gasteiger charge is -2.09. The van der Waals surface area contributed by atoms with Crippen molar-refractivity contribution in [3.63, 3.8) is 0 Å². The van der Waals surface area contributed by atoms with Gasteiger partial charge >= 0.3 is 0 Å². The number of carbonyl (C=O) groups is 1. The van der Waals surface area contributed by atoms with Crippen molar-refractivity contribution in [2.24, 2.45) is 10.7 Å². The summed E-state index contributed by atoms with van der Waals surface area (Å²) < 4.78 is 5.41. The zero-order valence-electron chi connectivity index (χ0n) is 10.7. The number of rotatable bonds is 4. The van der Waals surface area contributed by atoms with E-state index in [1.54, 1.807) is 18.2 Å². The molecule has 0 aromatic heterocycles. The van der Waals surface area contributed by atoms with Crippen molar-refractivity contribution in [3.8, 4) is 11.5 Å². The molecule has 0 fully saturated rings. The number of thioether (sulfide) groups is 1. The fraction of sp³-hybridized carbons (Fsp3) is 0.231. The Labute approximate surface area is 125 Å². The molecule has 0 bridgehead atoms. The van der Waals surface area contributed by atoms with Crippen molar-refractivity contribution < 1.29 is 14.6 Å². The summed E-state index contributed by atoms with van der Waals surface area (Å²) in [5.41, 5.74) is 6.12. The van der Waals surface area contributed by atoms with Gasteiger partial charge in [0.25, 0.3) is 5.91 Å². The van der Waals surface area contributed by atoms with Gasteiger partial charge < -0.3 is 15.6 Å². The van der Waals surface area contributed by atoms with Crippen LogP contribution >= 0.6 is 23.4 Å². The van der Waals surface area contributed by atoms with Crippen molar-refractivity contribution in [1.29, 1.82) is 0 Å². The third kappa shape index (κ3) is 3.26. The lowest BCUT2D eigenvalue weighted by molar-refractivity contribution is -0.113. The van der Waals surface area contributed by atoms with Gasteiger partial charge in [-0.2, -0.15) is 4.99 Å². The first-order chi connectivity index (χ1) is 9.51. The molecule has 1 amide bonds. The smallest absolute Gasteiger partial charge is 0.286 e. The number of benzene rings is 1. The second-order valence-corrected chi connectivity index (χ2v) is 5.53. The molecule has 1 aliphatic rings.